The number of quaternary nitrogens is 2. The van der Waals surface area contributed by atoms with Crippen LogP contribution in [0.2, 0.25) is 5.02 Å². The van der Waals surface area contributed by atoms with Crippen molar-refractivity contribution in [3.63, 3.8) is 0 Å². The van der Waals surface area contributed by atoms with Gasteiger partial charge in [-0.15, -0.1) is 0 Å². The summed E-state index contributed by atoms with van der Waals surface area (Å²) in [6.45, 7) is 5.21. The second kappa shape index (κ2) is 5.67. The number of piperazine rings is 1. The van der Waals surface area contributed by atoms with Crippen molar-refractivity contribution >= 4 is 22.6 Å². The molecule has 6 heteroatoms. The fourth-order valence-corrected chi connectivity index (χ4v) is 3.02. The highest BCUT2D eigenvalue weighted by molar-refractivity contribution is 6.32. The number of phenols is 1. The molecule has 0 unspecified atom stereocenters. The van der Waals surface area contributed by atoms with Gasteiger partial charge in [-0.25, -0.2) is 4.79 Å². The molecule has 2 aromatic rings. The lowest BCUT2D eigenvalue weighted by Crippen LogP contribution is -3.26. The Morgan fingerprint density at radius 1 is 1.24 bits per heavy atom. The Labute approximate surface area is 127 Å². The normalized spacial score (nSPS) is 22.6. The highest BCUT2D eigenvalue weighted by Crippen LogP contribution is 2.29. The SMILES string of the molecule is C[NH+]1CC[NH+](Cc2cc(=O)oc3cc(O)c(Cl)cc23)CC1. The maximum Gasteiger partial charge on any atom is 0.336 e. The third-order valence-electron chi connectivity index (χ3n) is 4.15. The molecule has 1 fully saturated rings. The van der Waals surface area contributed by atoms with Crippen LogP contribution < -0.4 is 15.4 Å². The topological polar surface area (TPSA) is 59.3 Å². The monoisotopic (exact) mass is 310 g/mol. The Hall–Kier alpha value is -1.56. The Balaban J connectivity index is 1.97. The number of halogens is 1. The minimum absolute atomic E-state index is 0.0694. The molecule has 0 bridgehead atoms. The number of phenolic OH excluding ortho intramolecular Hbond substituents is 1. The molecule has 0 saturated carbocycles. The zero-order chi connectivity index (χ0) is 15.0. The van der Waals surface area contributed by atoms with Gasteiger partial charge in [0.1, 0.15) is 44.1 Å². The van der Waals surface area contributed by atoms with Gasteiger partial charge in [0.05, 0.1) is 12.1 Å². The molecular formula is C15H19ClN2O3+2. The van der Waals surface area contributed by atoms with Crippen LogP contribution in [0.25, 0.3) is 11.0 Å². The van der Waals surface area contributed by atoms with E-state index >= 15 is 0 Å². The lowest BCUT2D eigenvalue weighted by Gasteiger charge is -2.27. The van der Waals surface area contributed by atoms with Crippen LogP contribution in [0.5, 0.6) is 5.75 Å². The Morgan fingerprint density at radius 2 is 1.95 bits per heavy atom. The summed E-state index contributed by atoms with van der Waals surface area (Å²) in [7, 11) is 2.20. The minimum Gasteiger partial charge on any atom is -0.506 e. The van der Waals surface area contributed by atoms with Crippen molar-refractivity contribution in [2.24, 2.45) is 0 Å². The fourth-order valence-electron chi connectivity index (χ4n) is 2.86. The standard InChI is InChI=1S/C15H17ClN2O3/c1-17-2-4-18(5-3-17)9-10-6-15(20)21-14-8-13(19)12(16)7-11(10)14/h6-8,19H,2-5,9H2,1H3/p+2. The summed E-state index contributed by atoms with van der Waals surface area (Å²) in [5.74, 6) is -0.0694. The van der Waals surface area contributed by atoms with Crippen molar-refractivity contribution < 1.29 is 19.3 Å². The second-order valence-electron chi connectivity index (χ2n) is 5.77. The summed E-state index contributed by atoms with van der Waals surface area (Å²) in [4.78, 5) is 14.7. The van der Waals surface area contributed by atoms with Crippen molar-refractivity contribution in [3.8, 4) is 5.75 Å². The average Bonchev–Trinajstić information content (AvgIpc) is 2.43. The third-order valence-corrected chi connectivity index (χ3v) is 4.45. The molecule has 0 radical (unpaired) electrons. The number of aromatic hydroxyl groups is 1. The van der Waals surface area contributed by atoms with Crippen LogP contribution >= 0.6 is 11.6 Å². The number of nitrogens with one attached hydrogen (secondary N) is 2. The first-order valence-corrected chi connectivity index (χ1v) is 7.51. The molecular weight excluding hydrogens is 292 g/mol. The predicted octanol–water partition coefficient (Wildman–Crippen LogP) is -0.935. The maximum atomic E-state index is 11.7. The Bertz CT molecular complexity index is 721. The summed E-state index contributed by atoms with van der Waals surface area (Å²) >= 11 is 5.98. The average molecular weight is 311 g/mol. The van der Waals surface area contributed by atoms with Gasteiger partial charge in [0.2, 0.25) is 0 Å². The van der Waals surface area contributed by atoms with Gasteiger partial charge in [0, 0.05) is 23.1 Å². The molecule has 3 rings (SSSR count). The zero-order valence-electron chi connectivity index (χ0n) is 11.9. The minimum atomic E-state index is -0.390. The number of hydrogen-bond donors (Lipinski definition) is 3. The highest BCUT2D eigenvalue weighted by Gasteiger charge is 2.21. The highest BCUT2D eigenvalue weighted by atomic mass is 35.5. The van der Waals surface area contributed by atoms with Crippen LogP contribution in [0.4, 0.5) is 0 Å². The quantitative estimate of drug-likeness (QED) is 0.628. The predicted molar refractivity (Wildman–Crippen MR) is 80.2 cm³/mol. The van der Waals surface area contributed by atoms with Crippen LogP contribution in [0.1, 0.15) is 5.56 Å². The fraction of sp³-hybridized carbons (Fsp3) is 0.400. The number of benzene rings is 1. The van der Waals surface area contributed by atoms with E-state index in [1.807, 2.05) is 0 Å². The van der Waals surface area contributed by atoms with Crippen LogP contribution in [0.3, 0.4) is 0 Å². The molecule has 3 N–H and O–H groups in total. The van der Waals surface area contributed by atoms with Gasteiger partial charge in [0.25, 0.3) is 0 Å². The summed E-state index contributed by atoms with van der Waals surface area (Å²) in [5.41, 5.74) is 0.926. The van der Waals surface area contributed by atoms with Crippen LogP contribution in [-0.2, 0) is 6.54 Å². The number of likely N-dealkylation sites (N-methyl/N-ethyl adjacent to an activating group) is 1. The van der Waals surface area contributed by atoms with E-state index in [1.54, 1.807) is 11.0 Å². The first-order chi connectivity index (χ1) is 10.0. The number of rotatable bonds is 2. The van der Waals surface area contributed by atoms with E-state index in [0.717, 1.165) is 43.7 Å². The van der Waals surface area contributed by atoms with Crippen molar-refractivity contribution in [1.82, 2.24) is 0 Å². The zero-order valence-corrected chi connectivity index (χ0v) is 12.7. The molecule has 1 aromatic carbocycles. The molecule has 1 saturated heterocycles. The van der Waals surface area contributed by atoms with Gasteiger partial charge < -0.3 is 19.3 Å². The van der Waals surface area contributed by atoms with Gasteiger partial charge >= 0.3 is 5.63 Å². The molecule has 1 aliphatic rings. The van der Waals surface area contributed by atoms with E-state index < -0.39 is 5.63 Å². The summed E-state index contributed by atoms with van der Waals surface area (Å²) in [6, 6.07) is 4.62. The van der Waals surface area contributed by atoms with E-state index in [2.05, 4.69) is 7.05 Å². The molecule has 112 valence electrons. The number of hydrogen-bond acceptors (Lipinski definition) is 3. The molecule has 0 atom stereocenters. The third kappa shape index (κ3) is 3.05. The Kier molecular flexibility index (Phi) is 3.89. The van der Waals surface area contributed by atoms with Crippen molar-refractivity contribution in [2.75, 3.05) is 33.2 Å². The lowest BCUT2D eigenvalue weighted by atomic mass is 10.1. The van der Waals surface area contributed by atoms with Gasteiger partial charge in [-0.1, -0.05) is 11.6 Å². The van der Waals surface area contributed by atoms with Crippen LogP contribution in [-0.4, -0.2) is 38.3 Å². The molecule has 1 aliphatic heterocycles. The molecule has 21 heavy (non-hydrogen) atoms. The van der Waals surface area contributed by atoms with E-state index in [9.17, 15) is 9.90 Å². The van der Waals surface area contributed by atoms with Gasteiger partial charge in [-0.05, 0) is 6.07 Å². The van der Waals surface area contributed by atoms with Gasteiger partial charge in [0.15, 0.2) is 0 Å². The van der Waals surface area contributed by atoms with Gasteiger partial charge in [-0.2, -0.15) is 0 Å². The lowest BCUT2D eigenvalue weighted by molar-refractivity contribution is -1.01. The Morgan fingerprint density at radius 3 is 2.67 bits per heavy atom. The molecule has 5 nitrogen and oxygen atoms in total. The molecule has 1 aromatic heterocycles. The maximum absolute atomic E-state index is 11.7. The van der Waals surface area contributed by atoms with Crippen molar-refractivity contribution in [2.45, 2.75) is 6.54 Å². The molecule has 0 spiro atoms. The second-order valence-corrected chi connectivity index (χ2v) is 6.18. The molecule has 0 amide bonds. The van der Waals surface area contributed by atoms with Crippen LogP contribution in [0, 0.1) is 0 Å². The summed E-state index contributed by atoms with van der Waals surface area (Å²) in [5, 5.41) is 10.7. The van der Waals surface area contributed by atoms with E-state index in [1.165, 1.54) is 17.0 Å². The smallest absolute Gasteiger partial charge is 0.336 e. The molecule has 0 aliphatic carbocycles. The first kappa shape index (κ1) is 14.4. The summed E-state index contributed by atoms with van der Waals surface area (Å²) < 4.78 is 5.16. The van der Waals surface area contributed by atoms with Crippen molar-refractivity contribution in [1.29, 1.82) is 0 Å². The van der Waals surface area contributed by atoms with E-state index in [0.29, 0.717) is 5.58 Å². The number of fused-ring (bicyclic) bond motifs is 1. The largest absolute Gasteiger partial charge is 0.506 e. The van der Waals surface area contributed by atoms with Crippen molar-refractivity contribution in [3.05, 3.63) is 39.2 Å². The summed E-state index contributed by atoms with van der Waals surface area (Å²) in [6.07, 6.45) is 0. The van der Waals surface area contributed by atoms with E-state index in [4.69, 9.17) is 16.0 Å². The van der Waals surface area contributed by atoms with Crippen LogP contribution in [0.15, 0.2) is 27.4 Å². The first-order valence-electron chi connectivity index (χ1n) is 7.13. The van der Waals surface area contributed by atoms with E-state index in [-0.39, 0.29) is 10.8 Å². The molecule has 2 heterocycles. The van der Waals surface area contributed by atoms with Gasteiger partial charge in [-0.3, -0.25) is 0 Å².